The Balaban J connectivity index is 2.64. The highest BCUT2D eigenvalue weighted by Crippen LogP contribution is 2.05. The summed E-state index contributed by atoms with van der Waals surface area (Å²) in [7, 11) is 0. The van der Waals surface area contributed by atoms with Crippen LogP contribution in [0.5, 0.6) is 0 Å². The Hall–Kier alpha value is -2.11. The number of carbonyl (C=O) groups is 2. The monoisotopic (exact) mass is 279 g/mol. The molecule has 1 rings (SSSR count). The summed E-state index contributed by atoms with van der Waals surface area (Å²) in [5.74, 6) is 0.251. The highest BCUT2D eigenvalue weighted by atomic mass is 16.2. The first-order valence-corrected chi connectivity index (χ1v) is 6.78. The average Bonchev–Trinajstić information content (AvgIpc) is 2.44. The van der Waals surface area contributed by atoms with Crippen molar-refractivity contribution in [2.45, 2.75) is 33.2 Å². The molecule has 0 aliphatic rings. The van der Waals surface area contributed by atoms with Crippen LogP contribution >= 0.6 is 0 Å². The summed E-state index contributed by atoms with van der Waals surface area (Å²) in [6.07, 6.45) is 3.98. The van der Waals surface area contributed by atoms with Crippen molar-refractivity contribution in [3.8, 4) is 0 Å². The predicted molar refractivity (Wildman–Crippen MR) is 77.5 cm³/mol. The van der Waals surface area contributed by atoms with Gasteiger partial charge in [-0.2, -0.15) is 0 Å². The lowest BCUT2D eigenvalue weighted by atomic mass is 10.0. The molecule has 0 spiro atoms. The van der Waals surface area contributed by atoms with Crippen LogP contribution in [-0.4, -0.2) is 23.4 Å². The molecule has 2 N–H and O–H groups in total. The quantitative estimate of drug-likeness (QED) is 0.696. The first-order chi connectivity index (χ1) is 9.62. The van der Waals surface area contributed by atoms with E-state index >= 15 is 0 Å². The predicted octanol–water partition coefficient (Wildman–Crippen LogP) is 0.969. The minimum absolute atomic E-state index is 0.0483. The number of rotatable bonds is 8. The molecule has 0 aliphatic heterocycles. The molecule has 6 nitrogen and oxygen atoms in total. The topological polar surface area (TPSA) is 80.2 Å². The van der Waals surface area contributed by atoms with Crippen LogP contribution in [-0.2, 0) is 16.1 Å². The maximum atomic E-state index is 11.9. The van der Waals surface area contributed by atoms with Crippen LogP contribution in [0.1, 0.15) is 26.7 Å². The summed E-state index contributed by atoms with van der Waals surface area (Å²) in [6, 6.07) is 3.11. The van der Waals surface area contributed by atoms with Crippen LogP contribution in [0, 0.1) is 5.92 Å². The maximum Gasteiger partial charge on any atom is 0.274 e. The van der Waals surface area contributed by atoms with E-state index in [1.807, 2.05) is 0 Å². The fraction of sp³-hybridized carbons (Fsp3) is 0.500. The second-order valence-corrected chi connectivity index (χ2v) is 4.60. The zero-order valence-electron chi connectivity index (χ0n) is 11.9. The molecule has 110 valence electrons. The normalized spacial score (nSPS) is 10.3. The molecule has 1 aromatic heterocycles. The molecule has 0 unspecified atom stereocenters. The number of nitrogens with zero attached hydrogens (tertiary/aromatic N) is 1. The van der Waals surface area contributed by atoms with Crippen LogP contribution in [0.15, 0.2) is 23.1 Å². The van der Waals surface area contributed by atoms with E-state index in [2.05, 4.69) is 24.5 Å². The minimum Gasteiger partial charge on any atom is -0.354 e. The number of aromatic nitrogens is 1. The zero-order valence-corrected chi connectivity index (χ0v) is 11.9. The summed E-state index contributed by atoms with van der Waals surface area (Å²) >= 11 is 0. The molecule has 20 heavy (non-hydrogen) atoms. The summed E-state index contributed by atoms with van der Waals surface area (Å²) in [6.45, 7) is 4.74. The van der Waals surface area contributed by atoms with Crippen molar-refractivity contribution in [1.82, 2.24) is 9.88 Å². The first-order valence-electron chi connectivity index (χ1n) is 6.78. The molecule has 0 aromatic carbocycles. The first kappa shape index (κ1) is 15.9. The SMILES string of the molecule is CCC(CC)CNC(=O)Cn1cccc(NC=O)c1=O. The number of pyridine rings is 1. The lowest BCUT2D eigenvalue weighted by Crippen LogP contribution is -2.35. The van der Waals surface area contributed by atoms with Gasteiger partial charge in [-0.15, -0.1) is 0 Å². The zero-order chi connectivity index (χ0) is 15.0. The molecule has 2 amide bonds. The number of carbonyl (C=O) groups excluding carboxylic acids is 2. The largest absolute Gasteiger partial charge is 0.354 e. The molecule has 0 aliphatic carbocycles. The van der Waals surface area contributed by atoms with Crippen molar-refractivity contribution in [3.05, 3.63) is 28.7 Å². The maximum absolute atomic E-state index is 11.9. The third kappa shape index (κ3) is 4.53. The van der Waals surface area contributed by atoms with Gasteiger partial charge < -0.3 is 15.2 Å². The second-order valence-electron chi connectivity index (χ2n) is 4.60. The van der Waals surface area contributed by atoms with Gasteiger partial charge in [0.1, 0.15) is 12.2 Å². The molecule has 0 fully saturated rings. The molecule has 0 radical (unpaired) electrons. The number of nitrogens with one attached hydrogen (secondary N) is 2. The van der Waals surface area contributed by atoms with Gasteiger partial charge in [-0.05, 0) is 18.1 Å². The number of anilines is 1. The van der Waals surface area contributed by atoms with Gasteiger partial charge in [0.05, 0.1) is 0 Å². The molecule has 0 atom stereocenters. The minimum atomic E-state index is -0.391. The summed E-state index contributed by atoms with van der Waals surface area (Å²) in [4.78, 5) is 34.1. The lowest BCUT2D eigenvalue weighted by Gasteiger charge is -2.14. The second kappa shape index (κ2) is 8.14. The van der Waals surface area contributed by atoms with Crippen molar-refractivity contribution >= 4 is 18.0 Å². The van der Waals surface area contributed by atoms with Crippen LogP contribution in [0.25, 0.3) is 0 Å². The molecular weight excluding hydrogens is 258 g/mol. The summed E-state index contributed by atoms with van der Waals surface area (Å²) in [5.41, 5.74) is -0.229. The molecule has 1 aromatic rings. The Morgan fingerprint density at radius 1 is 1.40 bits per heavy atom. The van der Waals surface area contributed by atoms with Crippen LogP contribution in [0.2, 0.25) is 0 Å². The number of amides is 2. The van der Waals surface area contributed by atoms with E-state index < -0.39 is 5.56 Å². The van der Waals surface area contributed by atoms with Gasteiger partial charge >= 0.3 is 0 Å². The third-order valence-corrected chi connectivity index (χ3v) is 3.29. The summed E-state index contributed by atoms with van der Waals surface area (Å²) < 4.78 is 1.27. The van der Waals surface area contributed by atoms with Crippen molar-refractivity contribution in [2.75, 3.05) is 11.9 Å². The Labute approximate surface area is 118 Å². The Morgan fingerprint density at radius 2 is 2.10 bits per heavy atom. The molecule has 0 saturated carbocycles. The van der Waals surface area contributed by atoms with Gasteiger partial charge in [0.2, 0.25) is 12.3 Å². The fourth-order valence-corrected chi connectivity index (χ4v) is 1.88. The van der Waals surface area contributed by atoms with E-state index in [0.29, 0.717) is 18.9 Å². The number of hydrogen-bond acceptors (Lipinski definition) is 3. The Bertz CT molecular complexity index is 507. The van der Waals surface area contributed by atoms with Crippen molar-refractivity contribution in [1.29, 1.82) is 0 Å². The van der Waals surface area contributed by atoms with Gasteiger partial charge in [0, 0.05) is 12.7 Å². The van der Waals surface area contributed by atoms with E-state index in [1.165, 1.54) is 16.8 Å². The molecule has 6 heteroatoms. The van der Waals surface area contributed by atoms with Gasteiger partial charge in [-0.25, -0.2) is 0 Å². The van der Waals surface area contributed by atoms with Crippen molar-refractivity contribution < 1.29 is 9.59 Å². The molecule has 0 saturated heterocycles. The fourth-order valence-electron chi connectivity index (χ4n) is 1.88. The lowest BCUT2D eigenvalue weighted by molar-refractivity contribution is -0.121. The van der Waals surface area contributed by atoms with E-state index in [4.69, 9.17) is 0 Å². The van der Waals surface area contributed by atoms with Gasteiger partial charge in [0.15, 0.2) is 0 Å². The standard InChI is InChI=1S/C14H21N3O3/c1-3-11(4-2)8-15-13(19)9-17-7-5-6-12(14(17)20)16-10-18/h5-7,10-11H,3-4,8-9H2,1-2H3,(H,15,19)(H,16,18). The van der Waals surface area contributed by atoms with E-state index in [9.17, 15) is 14.4 Å². The van der Waals surface area contributed by atoms with E-state index in [0.717, 1.165) is 12.8 Å². The average molecular weight is 279 g/mol. The van der Waals surface area contributed by atoms with Crippen molar-refractivity contribution in [3.63, 3.8) is 0 Å². The van der Waals surface area contributed by atoms with Gasteiger partial charge in [-0.1, -0.05) is 26.7 Å². The smallest absolute Gasteiger partial charge is 0.274 e. The van der Waals surface area contributed by atoms with Crippen LogP contribution < -0.4 is 16.2 Å². The highest BCUT2D eigenvalue weighted by Gasteiger charge is 2.09. The van der Waals surface area contributed by atoms with Gasteiger partial charge in [-0.3, -0.25) is 14.4 Å². The van der Waals surface area contributed by atoms with Crippen molar-refractivity contribution in [2.24, 2.45) is 5.92 Å². The molecule has 1 heterocycles. The Morgan fingerprint density at radius 3 is 2.70 bits per heavy atom. The summed E-state index contributed by atoms with van der Waals surface area (Å²) in [5, 5.41) is 5.14. The number of hydrogen-bond donors (Lipinski definition) is 2. The van der Waals surface area contributed by atoms with E-state index in [1.54, 1.807) is 6.07 Å². The van der Waals surface area contributed by atoms with Crippen LogP contribution in [0.4, 0.5) is 5.69 Å². The molecular formula is C14H21N3O3. The molecule has 0 bridgehead atoms. The Kier molecular flexibility index (Phi) is 6.49. The highest BCUT2D eigenvalue weighted by molar-refractivity contribution is 5.76. The van der Waals surface area contributed by atoms with Gasteiger partial charge in [0.25, 0.3) is 5.56 Å². The van der Waals surface area contributed by atoms with Crippen LogP contribution in [0.3, 0.4) is 0 Å². The van der Waals surface area contributed by atoms with E-state index in [-0.39, 0.29) is 18.1 Å². The third-order valence-electron chi connectivity index (χ3n) is 3.29.